The van der Waals surface area contributed by atoms with E-state index in [4.69, 9.17) is 11.5 Å². The van der Waals surface area contributed by atoms with Gasteiger partial charge in [0.2, 0.25) is 5.91 Å². The zero-order valence-corrected chi connectivity index (χ0v) is 10.4. The van der Waals surface area contributed by atoms with E-state index >= 15 is 0 Å². The summed E-state index contributed by atoms with van der Waals surface area (Å²) in [6.45, 7) is 0. The second kappa shape index (κ2) is 5.40. The Labute approximate surface area is 114 Å². The summed E-state index contributed by atoms with van der Waals surface area (Å²) in [5.41, 5.74) is 11.2. The van der Waals surface area contributed by atoms with Crippen LogP contribution in [-0.4, -0.2) is 11.8 Å². The molecule has 0 aliphatic carbocycles. The zero-order chi connectivity index (χ0) is 14.7. The first-order valence-corrected chi connectivity index (χ1v) is 5.74. The van der Waals surface area contributed by atoms with Crippen LogP contribution >= 0.6 is 0 Å². The first kappa shape index (κ1) is 13.5. The average Bonchev–Trinajstić information content (AvgIpc) is 2.41. The average molecular weight is 273 g/mol. The monoisotopic (exact) mass is 273 g/mol. The van der Waals surface area contributed by atoms with E-state index in [1.54, 1.807) is 18.2 Å². The molecule has 5 N–H and O–H groups in total. The van der Waals surface area contributed by atoms with Gasteiger partial charge in [0.05, 0.1) is 11.3 Å². The summed E-state index contributed by atoms with van der Waals surface area (Å²) in [7, 11) is 0. The molecule has 2 aromatic carbocycles. The molecule has 2 aromatic rings. The molecule has 0 atom stereocenters. The van der Waals surface area contributed by atoms with Crippen molar-refractivity contribution < 1.29 is 14.0 Å². The van der Waals surface area contributed by atoms with Gasteiger partial charge in [-0.25, -0.2) is 4.39 Å². The van der Waals surface area contributed by atoms with Gasteiger partial charge in [-0.1, -0.05) is 12.1 Å². The number of halogens is 1. The maximum absolute atomic E-state index is 13.6. The topological polar surface area (TPSA) is 98.2 Å². The number of nitrogens with one attached hydrogen (secondary N) is 1. The highest BCUT2D eigenvalue weighted by atomic mass is 19.1. The minimum Gasteiger partial charge on any atom is -0.398 e. The number of hydrogen-bond acceptors (Lipinski definition) is 3. The summed E-state index contributed by atoms with van der Waals surface area (Å²) in [4.78, 5) is 23.0. The summed E-state index contributed by atoms with van der Waals surface area (Å²) in [5, 5.41) is 2.36. The summed E-state index contributed by atoms with van der Waals surface area (Å²) in [6, 6.07) is 9.87. The molecule has 6 heteroatoms. The number of carbonyl (C=O) groups excluding carboxylic acids is 2. The Morgan fingerprint density at radius 2 is 1.80 bits per heavy atom. The lowest BCUT2D eigenvalue weighted by atomic mass is 10.1. The molecule has 0 heterocycles. The Balaban J connectivity index is 2.30. The van der Waals surface area contributed by atoms with E-state index in [9.17, 15) is 14.0 Å². The van der Waals surface area contributed by atoms with Crippen molar-refractivity contribution >= 4 is 23.2 Å². The molecular formula is C14H12FN3O2. The first-order valence-electron chi connectivity index (χ1n) is 5.74. The van der Waals surface area contributed by atoms with E-state index in [0.717, 1.165) is 6.07 Å². The normalized spacial score (nSPS) is 10.1. The minimum atomic E-state index is -0.709. The van der Waals surface area contributed by atoms with Gasteiger partial charge in [-0.15, -0.1) is 0 Å². The van der Waals surface area contributed by atoms with Crippen LogP contribution in [0, 0.1) is 5.82 Å². The van der Waals surface area contributed by atoms with Gasteiger partial charge in [-0.3, -0.25) is 9.59 Å². The SMILES string of the molecule is NC(=O)c1ccc(F)c(NC(=O)c2ccccc2N)c1. The van der Waals surface area contributed by atoms with Gasteiger partial charge < -0.3 is 16.8 Å². The quantitative estimate of drug-likeness (QED) is 0.743. The molecule has 0 spiro atoms. The maximum Gasteiger partial charge on any atom is 0.257 e. The van der Waals surface area contributed by atoms with Crippen molar-refractivity contribution in [2.24, 2.45) is 5.73 Å². The van der Waals surface area contributed by atoms with Crippen molar-refractivity contribution in [3.05, 3.63) is 59.4 Å². The Morgan fingerprint density at radius 1 is 1.10 bits per heavy atom. The lowest BCUT2D eigenvalue weighted by Crippen LogP contribution is -2.16. The van der Waals surface area contributed by atoms with Crippen molar-refractivity contribution in [2.75, 3.05) is 11.1 Å². The van der Waals surface area contributed by atoms with Crippen LogP contribution < -0.4 is 16.8 Å². The fourth-order valence-electron chi connectivity index (χ4n) is 1.67. The molecule has 102 valence electrons. The third-order valence-electron chi connectivity index (χ3n) is 2.70. The summed E-state index contributed by atoms with van der Waals surface area (Å²) < 4.78 is 13.6. The van der Waals surface area contributed by atoms with Crippen LogP contribution in [0.15, 0.2) is 42.5 Å². The molecule has 5 nitrogen and oxygen atoms in total. The fraction of sp³-hybridized carbons (Fsp3) is 0. The predicted octanol–water partition coefficient (Wildman–Crippen LogP) is 1.76. The summed E-state index contributed by atoms with van der Waals surface area (Å²) in [5.74, 6) is -1.94. The summed E-state index contributed by atoms with van der Waals surface area (Å²) in [6.07, 6.45) is 0. The lowest BCUT2D eigenvalue weighted by molar-refractivity contribution is 0.0996. The summed E-state index contributed by atoms with van der Waals surface area (Å²) >= 11 is 0. The van der Waals surface area contributed by atoms with Crippen molar-refractivity contribution in [3.63, 3.8) is 0 Å². The van der Waals surface area contributed by atoms with E-state index in [-0.39, 0.29) is 22.5 Å². The third kappa shape index (κ3) is 2.74. The van der Waals surface area contributed by atoms with Crippen LogP contribution in [-0.2, 0) is 0 Å². The molecule has 20 heavy (non-hydrogen) atoms. The van der Waals surface area contributed by atoms with Gasteiger partial charge in [0, 0.05) is 11.3 Å². The molecule has 2 amide bonds. The molecule has 0 saturated heterocycles. The van der Waals surface area contributed by atoms with Crippen LogP contribution in [0.25, 0.3) is 0 Å². The molecule has 0 radical (unpaired) electrons. The number of para-hydroxylation sites is 1. The minimum absolute atomic E-state index is 0.0998. The van der Waals surface area contributed by atoms with Crippen molar-refractivity contribution in [2.45, 2.75) is 0 Å². The van der Waals surface area contributed by atoms with Crippen LogP contribution in [0.5, 0.6) is 0 Å². The lowest BCUT2D eigenvalue weighted by Gasteiger charge is -2.09. The van der Waals surface area contributed by atoms with E-state index in [0.29, 0.717) is 0 Å². The number of benzene rings is 2. The molecule has 0 saturated carbocycles. The number of rotatable bonds is 3. The number of nitrogens with two attached hydrogens (primary N) is 2. The van der Waals surface area contributed by atoms with Crippen LogP contribution in [0.2, 0.25) is 0 Å². The van der Waals surface area contributed by atoms with Crippen molar-refractivity contribution in [1.82, 2.24) is 0 Å². The number of hydrogen-bond donors (Lipinski definition) is 3. The zero-order valence-electron chi connectivity index (χ0n) is 10.4. The van der Waals surface area contributed by atoms with Crippen molar-refractivity contribution in [1.29, 1.82) is 0 Å². The van der Waals surface area contributed by atoms with Gasteiger partial charge in [-0.05, 0) is 30.3 Å². The second-order valence-corrected chi connectivity index (χ2v) is 4.10. The Hall–Kier alpha value is -2.89. The largest absolute Gasteiger partial charge is 0.398 e. The first-order chi connectivity index (χ1) is 9.49. The molecular weight excluding hydrogens is 261 g/mol. The van der Waals surface area contributed by atoms with Crippen LogP contribution in [0.4, 0.5) is 15.8 Å². The standard InChI is InChI=1S/C14H12FN3O2/c15-10-6-5-8(13(17)19)7-12(10)18-14(20)9-3-1-2-4-11(9)16/h1-7H,16H2,(H2,17,19)(H,18,20). The van der Waals surface area contributed by atoms with Crippen molar-refractivity contribution in [3.8, 4) is 0 Å². The number of amides is 2. The number of anilines is 2. The molecule has 2 rings (SSSR count). The fourth-order valence-corrected chi connectivity index (χ4v) is 1.67. The molecule has 0 aliphatic rings. The van der Waals surface area contributed by atoms with Gasteiger partial charge in [-0.2, -0.15) is 0 Å². The number of primary amides is 1. The Morgan fingerprint density at radius 3 is 2.45 bits per heavy atom. The maximum atomic E-state index is 13.6. The smallest absolute Gasteiger partial charge is 0.257 e. The molecule has 0 bridgehead atoms. The third-order valence-corrected chi connectivity index (χ3v) is 2.70. The van der Waals surface area contributed by atoms with E-state index in [1.807, 2.05) is 0 Å². The molecule has 0 aliphatic heterocycles. The number of nitrogen functional groups attached to an aromatic ring is 1. The number of carbonyl (C=O) groups is 2. The van der Waals surface area contributed by atoms with Gasteiger partial charge >= 0.3 is 0 Å². The van der Waals surface area contributed by atoms with Crippen LogP contribution in [0.1, 0.15) is 20.7 Å². The second-order valence-electron chi connectivity index (χ2n) is 4.10. The molecule has 0 aromatic heterocycles. The molecule has 0 fully saturated rings. The van der Waals surface area contributed by atoms with Gasteiger partial charge in [0.1, 0.15) is 5.82 Å². The Kier molecular flexibility index (Phi) is 3.65. The highest BCUT2D eigenvalue weighted by molar-refractivity contribution is 6.08. The van der Waals surface area contributed by atoms with E-state index < -0.39 is 17.6 Å². The molecule has 0 unspecified atom stereocenters. The van der Waals surface area contributed by atoms with E-state index in [2.05, 4.69) is 5.32 Å². The highest BCUT2D eigenvalue weighted by Crippen LogP contribution is 2.18. The Bertz CT molecular complexity index is 686. The highest BCUT2D eigenvalue weighted by Gasteiger charge is 2.13. The van der Waals surface area contributed by atoms with Gasteiger partial charge in [0.15, 0.2) is 0 Å². The van der Waals surface area contributed by atoms with E-state index in [1.165, 1.54) is 18.2 Å². The predicted molar refractivity (Wildman–Crippen MR) is 73.7 cm³/mol. The van der Waals surface area contributed by atoms with Crippen LogP contribution in [0.3, 0.4) is 0 Å². The van der Waals surface area contributed by atoms with Gasteiger partial charge in [0.25, 0.3) is 5.91 Å².